The fraction of sp³-hybridized carbons (Fsp3) is 0.143. The van der Waals surface area contributed by atoms with Crippen LogP contribution in [0.4, 0.5) is 0 Å². The molecule has 0 aliphatic heterocycles. The molecule has 0 heterocycles. The average Bonchev–Trinajstić information content (AvgIpc) is 2.68. The second-order valence-electron chi connectivity index (χ2n) is 5.66. The quantitative estimate of drug-likeness (QED) is 0.708. The van der Waals surface area contributed by atoms with Crippen molar-refractivity contribution in [3.8, 4) is 5.75 Å². The van der Waals surface area contributed by atoms with Crippen molar-refractivity contribution in [2.75, 3.05) is 7.11 Å². The molecule has 0 bridgehead atoms. The average molecular weight is 320 g/mol. The van der Waals surface area contributed by atoms with E-state index in [4.69, 9.17) is 4.74 Å². The monoisotopic (exact) mass is 320 g/mol. The van der Waals surface area contributed by atoms with Crippen molar-refractivity contribution in [3.05, 3.63) is 101 Å². The minimum atomic E-state index is -1.28. The topological polar surface area (TPSA) is 49.7 Å². The lowest BCUT2D eigenvalue weighted by Crippen LogP contribution is -2.28. The molecule has 2 N–H and O–H groups in total. The van der Waals surface area contributed by atoms with E-state index in [2.05, 4.69) is 0 Å². The van der Waals surface area contributed by atoms with Gasteiger partial charge in [0.2, 0.25) is 0 Å². The van der Waals surface area contributed by atoms with E-state index in [1.54, 1.807) is 7.11 Å². The highest BCUT2D eigenvalue weighted by Crippen LogP contribution is 2.37. The third-order valence-electron chi connectivity index (χ3n) is 4.25. The van der Waals surface area contributed by atoms with Crippen LogP contribution in [0.5, 0.6) is 5.75 Å². The molecule has 0 aliphatic carbocycles. The summed E-state index contributed by atoms with van der Waals surface area (Å²) in [5.41, 5.74) is 1.82. The second-order valence-corrected chi connectivity index (χ2v) is 5.66. The highest BCUT2D eigenvalue weighted by Gasteiger charge is 2.33. The van der Waals surface area contributed by atoms with Crippen LogP contribution in [0.3, 0.4) is 0 Å². The van der Waals surface area contributed by atoms with Gasteiger partial charge in [-0.3, -0.25) is 0 Å². The van der Waals surface area contributed by atoms with E-state index < -0.39 is 5.60 Å². The van der Waals surface area contributed by atoms with E-state index in [-0.39, 0.29) is 6.61 Å². The molecule has 3 rings (SSSR count). The summed E-state index contributed by atoms with van der Waals surface area (Å²) in [6, 6.07) is 24.3. The molecule has 122 valence electrons. The van der Waals surface area contributed by atoms with E-state index in [9.17, 15) is 10.2 Å². The van der Waals surface area contributed by atoms with Gasteiger partial charge in [-0.15, -0.1) is 0 Å². The fourth-order valence-electron chi connectivity index (χ4n) is 2.86. The van der Waals surface area contributed by atoms with E-state index in [1.807, 2.05) is 78.9 Å². The van der Waals surface area contributed by atoms with Gasteiger partial charge in [0.15, 0.2) is 0 Å². The van der Waals surface area contributed by atoms with Crippen LogP contribution in [0.15, 0.2) is 78.9 Å². The van der Waals surface area contributed by atoms with Crippen molar-refractivity contribution in [2.45, 2.75) is 12.2 Å². The first kappa shape index (κ1) is 16.2. The van der Waals surface area contributed by atoms with Gasteiger partial charge in [-0.1, -0.05) is 66.7 Å². The van der Waals surface area contributed by atoms with Crippen molar-refractivity contribution in [1.29, 1.82) is 0 Å². The van der Waals surface area contributed by atoms with E-state index in [0.29, 0.717) is 0 Å². The SMILES string of the molecule is COc1ccc(C(O)(c2ccccc2)c2ccc(CO)cc2)cc1. The smallest absolute Gasteiger partial charge is 0.140 e. The van der Waals surface area contributed by atoms with Crippen LogP contribution in [0.1, 0.15) is 22.3 Å². The Bertz CT molecular complexity index is 730. The van der Waals surface area contributed by atoms with Crippen LogP contribution in [-0.4, -0.2) is 17.3 Å². The Morgan fingerprint density at radius 1 is 0.750 bits per heavy atom. The third kappa shape index (κ3) is 2.92. The standard InChI is InChI=1S/C21H20O3/c1-24-20-13-11-19(12-14-20)21(23,17-5-3-2-4-6-17)18-9-7-16(15-22)8-10-18/h2-14,22-23H,15H2,1H3. The summed E-state index contributed by atoms with van der Waals surface area (Å²) in [7, 11) is 1.62. The first-order chi connectivity index (χ1) is 11.7. The van der Waals surface area contributed by atoms with Gasteiger partial charge in [0.25, 0.3) is 0 Å². The van der Waals surface area contributed by atoms with Gasteiger partial charge in [-0.05, 0) is 34.4 Å². The maximum atomic E-state index is 11.6. The van der Waals surface area contributed by atoms with Gasteiger partial charge >= 0.3 is 0 Å². The summed E-state index contributed by atoms with van der Waals surface area (Å²) in [6.45, 7) is -0.0212. The number of rotatable bonds is 5. The van der Waals surface area contributed by atoms with E-state index in [0.717, 1.165) is 28.0 Å². The van der Waals surface area contributed by atoms with Crippen LogP contribution >= 0.6 is 0 Å². The largest absolute Gasteiger partial charge is 0.497 e. The van der Waals surface area contributed by atoms with Crippen LogP contribution < -0.4 is 4.74 Å². The lowest BCUT2D eigenvalue weighted by atomic mass is 9.80. The van der Waals surface area contributed by atoms with E-state index >= 15 is 0 Å². The van der Waals surface area contributed by atoms with Gasteiger partial charge in [-0.25, -0.2) is 0 Å². The van der Waals surface area contributed by atoms with Crippen molar-refractivity contribution >= 4 is 0 Å². The molecule has 1 atom stereocenters. The van der Waals surface area contributed by atoms with Crippen LogP contribution in [-0.2, 0) is 12.2 Å². The van der Waals surface area contributed by atoms with E-state index in [1.165, 1.54) is 0 Å². The molecule has 3 aromatic rings. The lowest BCUT2D eigenvalue weighted by molar-refractivity contribution is 0.125. The van der Waals surface area contributed by atoms with Crippen molar-refractivity contribution in [2.24, 2.45) is 0 Å². The maximum absolute atomic E-state index is 11.6. The molecular formula is C21H20O3. The Morgan fingerprint density at radius 2 is 1.25 bits per heavy atom. The van der Waals surface area contributed by atoms with Crippen molar-refractivity contribution in [3.63, 3.8) is 0 Å². The number of benzene rings is 3. The summed E-state index contributed by atoms with van der Waals surface area (Å²) in [6.07, 6.45) is 0. The highest BCUT2D eigenvalue weighted by atomic mass is 16.5. The predicted molar refractivity (Wildman–Crippen MR) is 93.9 cm³/mol. The van der Waals surface area contributed by atoms with Gasteiger partial charge in [0.05, 0.1) is 13.7 Å². The van der Waals surface area contributed by atoms with Gasteiger partial charge in [0, 0.05) is 0 Å². The molecular weight excluding hydrogens is 300 g/mol. The summed E-state index contributed by atoms with van der Waals surface area (Å²) in [5, 5.41) is 20.9. The minimum Gasteiger partial charge on any atom is -0.497 e. The number of hydrogen-bond acceptors (Lipinski definition) is 3. The van der Waals surface area contributed by atoms with Crippen LogP contribution in [0.2, 0.25) is 0 Å². The first-order valence-corrected chi connectivity index (χ1v) is 7.81. The molecule has 0 saturated heterocycles. The molecule has 0 spiro atoms. The molecule has 0 aliphatic rings. The zero-order chi connectivity index (χ0) is 17.0. The molecule has 0 aromatic heterocycles. The Kier molecular flexibility index (Phi) is 4.65. The number of ether oxygens (including phenoxy) is 1. The molecule has 0 amide bonds. The zero-order valence-electron chi connectivity index (χ0n) is 13.5. The highest BCUT2D eigenvalue weighted by molar-refractivity contribution is 5.48. The summed E-state index contributed by atoms with van der Waals surface area (Å²) in [4.78, 5) is 0. The number of aliphatic hydroxyl groups excluding tert-OH is 1. The fourth-order valence-corrected chi connectivity index (χ4v) is 2.86. The lowest BCUT2D eigenvalue weighted by Gasteiger charge is -2.30. The van der Waals surface area contributed by atoms with Crippen molar-refractivity contribution < 1.29 is 14.9 Å². The number of methoxy groups -OCH3 is 1. The summed E-state index contributed by atoms with van der Waals surface area (Å²) < 4.78 is 5.21. The third-order valence-corrected chi connectivity index (χ3v) is 4.25. The Morgan fingerprint density at radius 3 is 1.75 bits per heavy atom. The molecule has 0 fully saturated rings. The molecule has 24 heavy (non-hydrogen) atoms. The maximum Gasteiger partial charge on any atom is 0.140 e. The van der Waals surface area contributed by atoms with Gasteiger partial charge < -0.3 is 14.9 Å². The zero-order valence-corrected chi connectivity index (χ0v) is 13.5. The molecule has 3 nitrogen and oxygen atoms in total. The normalized spacial score (nSPS) is 13.3. The molecule has 3 heteroatoms. The summed E-state index contributed by atoms with van der Waals surface area (Å²) >= 11 is 0. The van der Waals surface area contributed by atoms with Crippen LogP contribution in [0.25, 0.3) is 0 Å². The van der Waals surface area contributed by atoms with Gasteiger partial charge in [0.1, 0.15) is 11.4 Å². The summed E-state index contributed by atoms with van der Waals surface area (Å²) in [5.74, 6) is 0.741. The van der Waals surface area contributed by atoms with Gasteiger partial charge in [-0.2, -0.15) is 0 Å². The Labute approximate surface area is 141 Å². The first-order valence-electron chi connectivity index (χ1n) is 7.81. The Balaban J connectivity index is 2.16. The molecule has 0 radical (unpaired) electrons. The predicted octanol–water partition coefficient (Wildman–Crippen LogP) is 3.47. The van der Waals surface area contributed by atoms with Crippen LogP contribution in [0, 0.1) is 0 Å². The second kappa shape index (κ2) is 6.87. The minimum absolute atomic E-state index is 0.0212. The Hall–Kier alpha value is -2.62. The molecule has 1 unspecified atom stereocenters. The number of aliphatic hydroxyl groups is 2. The molecule has 0 saturated carbocycles. The van der Waals surface area contributed by atoms with Crippen molar-refractivity contribution in [1.82, 2.24) is 0 Å². The molecule has 3 aromatic carbocycles. The number of hydrogen-bond donors (Lipinski definition) is 2.